The van der Waals surface area contributed by atoms with Crippen molar-refractivity contribution in [3.8, 4) is 10.4 Å². The summed E-state index contributed by atoms with van der Waals surface area (Å²) in [5.41, 5.74) is 2.75. The van der Waals surface area contributed by atoms with E-state index in [-0.39, 0.29) is 5.78 Å². The number of rotatable bonds is 4. The summed E-state index contributed by atoms with van der Waals surface area (Å²) < 4.78 is 0. The molecule has 0 radical (unpaired) electrons. The number of aromatic nitrogens is 2. The van der Waals surface area contributed by atoms with Crippen LogP contribution in [0.5, 0.6) is 0 Å². The first kappa shape index (κ1) is 15.5. The summed E-state index contributed by atoms with van der Waals surface area (Å²) in [5.74, 6) is 0.820. The number of nitrogens with zero attached hydrogens (tertiary/aromatic N) is 2. The van der Waals surface area contributed by atoms with Gasteiger partial charge in [0.25, 0.3) is 0 Å². The van der Waals surface area contributed by atoms with Crippen molar-refractivity contribution in [2.24, 2.45) is 0 Å². The van der Waals surface area contributed by atoms with Crippen LogP contribution in [-0.2, 0) is 0 Å². The lowest BCUT2D eigenvalue weighted by Crippen LogP contribution is -1.96. The normalized spacial score (nSPS) is 10.8. The van der Waals surface area contributed by atoms with Gasteiger partial charge in [-0.3, -0.25) is 4.79 Å². The zero-order valence-corrected chi connectivity index (χ0v) is 14.4. The minimum Gasteiger partial charge on any atom is -0.340 e. The molecule has 2 aromatic heterocycles. The molecule has 0 aliphatic carbocycles. The van der Waals surface area contributed by atoms with Gasteiger partial charge < -0.3 is 5.32 Å². The van der Waals surface area contributed by atoms with Crippen molar-refractivity contribution in [1.29, 1.82) is 0 Å². The van der Waals surface area contributed by atoms with Crippen LogP contribution in [0.3, 0.4) is 0 Å². The summed E-state index contributed by atoms with van der Waals surface area (Å²) in [6.45, 7) is 1.56. The molecule has 122 valence electrons. The van der Waals surface area contributed by atoms with E-state index >= 15 is 0 Å². The second-order valence-corrected chi connectivity index (χ2v) is 6.71. The highest BCUT2D eigenvalue weighted by Gasteiger charge is 2.10. The number of nitrogens with one attached hydrogen (secondary N) is 1. The number of carbonyl (C=O) groups excluding carboxylic acids is 1. The van der Waals surface area contributed by atoms with E-state index in [1.54, 1.807) is 24.6 Å². The molecule has 0 fully saturated rings. The molecule has 2 aromatic carbocycles. The molecule has 0 aliphatic heterocycles. The van der Waals surface area contributed by atoms with Gasteiger partial charge in [-0.15, -0.1) is 11.3 Å². The topological polar surface area (TPSA) is 54.9 Å². The first-order chi connectivity index (χ1) is 12.2. The number of anilines is 2. The molecule has 0 saturated heterocycles. The van der Waals surface area contributed by atoms with Crippen LogP contribution in [0.2, 0.25) is 0 Å². The van der Waals surface area contributed by atoms with E-state index < -0.39 is 0 Å². The summed E-state index contributed by atoms with van der Waals surface area (Å²) in [5, 5.41) is 4.31. The van der Waals surface area contributed by atoms with Crippen molar-refractivity contribution in [2.75, 3.05) is 5.32 Å². The van der Waals surface area contributed by atoms with Gasteiger partial charge in [0.1, 0.15) is 17.0 Å². The van der Waals surface area contributed by atoms with E-state index in [0.717, 1.165) is 26.6 Å². The molecular weight excluding hydrogens is 330 g/mol. The molecule has 5 heteroatoms. The number of carbonyl (C=O) groups is 1. The van der Waals surface area contributed by atoms with Crippen LogP contribution in [-0.4, -0.2) is 15.8 Å². The highest BCUT2D eigenvalue weighted by Crippen LogP contribution is 2.35. The van der Waals surface area contributed by atoms with E-state index in [4.69, 9.17) is 0 Å². The molecule has 1 N–H and O–H groups in total. The van der Waals surface area contributed by atoms with E-state index in [2.05, 4.69) is 33.5 Å². The molecular formula is C20H15N3OS. The average Bonchev–Trinajstić information content (AvgIpc) is 3.08. The molecule has 0 bridgehead atoms. The summed E-state index contributed by atoms with van der Waals surface area (Å²) in [4.78, 5) is 22.3. The van der Waals surface area contributed by atoms with Gasteiger partial charge in [0, 0.05) is 16.1 Å². The maximum Gasteiger partial charge on any atom is 0.159 e. The van der Waals surface area contributed by atoms with Crippen LogP contribution < -0.4 is 5.32 Å². The van der Waals surface area contributed by atoms with E-state index in [9.17, 15) is 4.79 Å². The molecule has 0 atom stereocenters. The van der Waals surface area contributed by atoms with Crippen molar-refractivity contribution in [3.05, 3.63) is 72.6 Å². The Bertz CT molecular complexity index is 1040. The van der Waals surface area contributed by atoms with Crippen LogP contribution in [0, 0.1) is 0 Å². The fourth-order valence-corrected chi connectivity index (χ4v) is 3.63. The van der Waals surface area contributed by atoms with Gasteiger partial charge in [0.15, 0.2) is 5.78 Å². The monoisotopic (exact) mass is 345 g/mol. The molecule has 0 amide bonds. The molecule has 0 saturated carbocycles. The SMILES string of the molecule is CC(=O)c1ccc(Nc2ncnc3sc(-c4ccccc4)cc23)cc1. The van der Waals surface area contributed by atoms with Crippen LogP contribution in [0.1, 0.15) is 17.3 Å². The molecule has 4 nitrogen and oxygen atoms in total. The van der Waals surface area contributed by atoms with Crippen molar-refractivity contribution in [1.82, 2.24) is 9.97 Å². The number of hydrogen-bond acceptors (Lipinski definition) is 5. The average molecular weight is 345 g/mol. The minimum atomic E-state index is 0.0568. The molecule has 4 aromatic rings. The number of thiophene rings is 1. The third-order valence-electron chi connectivity index (χ3n) is 3.94. The van der Waals surface area contributed by atoms with Crippen molar-refractivity contribution in [3.63, 3.8) is 0 Å². The Morgan fingerprint density at radius 3 is 2.48 bits per heavy atom. The Kier molecular flexibility index (Phi) is 3.99. The van der Waals surface area contributed by atoms with Crippen LogP contribution in [0.15, 0.2) is 67.0 Å². The van der Waals surface area contributed by atoms with Gasteiger partial charge in [0.05, 0.1) is 5.39 Å². The van der Waals surface area contributed by atoms with Crippen molar-refractivity contribution in [2.45, 2.75) is 6.92 Å². The number of fused-ring (bicyclic) bond motifs is 1. The van der Waals surface area contributed by atoms with Gasteiger partial charge in [-0.25, -0.2) is 9.97 Å². The Morgan fingerprint density at radius 2 is 1.76 bits per heavy atom. The first-order valence-electron chi connectivity index (χ1n) is 7.89. The highest BCUT2D eigenvalue weighted by molar-refractivity contribution is 7.21. The zero-order valence-electron chi connectivity index (χ0n) is 13.6. The maximum absolute atomic E-state index is 11.4. The summed E-state index contributed by atoms with van der Waals surface area (Å²) in [6, 6.07) is 19.7. The number of hydrogen-bond donors (Lipinski definition) is 1. The second-order valence-electron chi connectivity index (χ2n) is 5.68. The summed E-state index contributed by atoms with van der Waals surface area (Å²) in [6.07, 6.45) is 1.57. The zero-order chi connectivity index (χ0) is 17.2. The largest absolute Gasteiger partial charge is 0.340 e. The second kappa shape index (κ2) is 6.45. The van der Waals surface area contributed by atoms with E-state index in [1.165, 1.54) is 5.56 Å². The smallest absolute Gasteiger partial charge is 0.159 e. The van der Waals surface area contributed by atoms with Gasteiger partial charge in [-0.1, -0.05) is 30.3 Å². The molecule has 2 heterocycles. The first-order valence-corrected chi connectivity index (χ1v) is 8.70. The van der Waals surface area contributed by atoms with E-state index in [0.29, 0.717) is 5.56 Å². The van der Waals surface area contributed by atoms with Gasteiger partial charge >= 0.3 is 0 Å². The van der Waals surface area contributed by atoms with Crippen LogP contribution >= 0.6 is 11.3 Å². The Hall–Kier alpha value is -3.05. The van der Waals surface area contributed by atoms with Crippen molar-refractivity contribution >= 4 is 38.8 Å². The van der Waals surface area contributed by atoms with Crippen molar-refractivity contribution < 1.29 is 4.79 Å². The molecule has 4 rings (SSSR count). The lowest BCUT2D eigenvalue weighted by atomic mass is 10.1. The third kappa shape index (κ3) is 3.14. The molecule has 0 aliphatic rings. The Labute approximate surface area is 149 Å². The van der Waals surface area contributed by atoms with E-state index in [1.807, 2.05) is 42.5 Å². The predicted octanol–water partition coefficient (Wildman–Crippen LogP) is 5.30. The number of benzene rings is 2. The highest BCUT2D eigenvalue weighted by atomic mass is 32.1. The standard InChI is InChI=1S/C20H15N3OS/c1-13(24)14-7-9-16(10-8-14)23-19-17-11-18(15-5-3-2-4-6-15)25-20(17)22-12-21-19/h2-12H,1H3,(H,21,22,23). The lowest BCUT2D eigenvalue weighted by Gasteiger charge is -2.06. The predicted molar refractivity (Wildman–Crippen MR) is 103 cm³/mol. The Balaban J connectivity index is 1.70. The van der Waals surface area contributed by atoms with Crippen LogP contribution in [0.25, 0.3) is 20.7 Å². The number of Topliss-reactive ketones (excluding diaryl/α,β-unsaturated/α-hetero) is 1. The minimum absolute atomic E-state index is 0.0568. The summed E-state index contributed by atoms with van der Waals surface area (Å²) in [7, 11) is 0. The molecule has 0 spiro atoms. The van der Waals surface area contributed by atoms with Gasteiger partial charge in [0.2, 0.25) is 0 Å². The maximum atomic E-state index is 11.4. The number of ketones is 1. The Morgan fingerprint density at radius 1 is 1.00 bits per heavy atom. The van der Waals surface area contributed by atoms with Gasteiger partial charge in [-0.2, -0.15) is 0 Å². The summed E-state index contributed by atoms with van der Waals surface area (Å²) >= 11 is 1.65. The fraction of sp³-hybridized carbons (Fsp3) is 0.0500. The molecule has 25 heavy (non-hydrogen) atoms. The fourth-order valence-electron chi connectivity index (χ4n) is 2.62. The lowest BCUT2D eigenvalue weighted by molar-refractivity contribution is 0.101. The quantitative estimate of drug-likeness (QED) is 0.510. The van der Waals surface area contributed by atoms with Crippen LogP contribution in [0.4, 0.5) is 11.5 Å². The third-order valence-corrected chi connectivity index (χ3v) is 5.03. The molecule has 0 unspecified atom stereocenters. The van der Waals surface area contributed by atoms with Gasteiger partial charge in [-0.05, 0) is 42.8 Å².